The molecule has 1 nitrogen and oxygen atoms in total. The second-order valence-electron chi connectivity index (χ2n) is 22.9. The lowest BCUT2D eigenvalue weighted by atomic mass is 9.83. The molecule has 0 fully saturated rings. The summed E-state index contributed by atoms with van der Waals surface area (Å²) in [5.74, 6) is 0. The molecule has 18 rings (SSSR count). The van der Waals surface area contributed by atoms with Gasteiger partial charge >= 0.3 is 0 Å². The molecule has 0 spiro atoms. The van der Waals surface area contributed by atoms with Crippen LogP contribution in [0.4, 0.5) is 0 Å². The van der Waals surface area contributed by atoms with Crippen molar-refractivity contribution in [3.63, 3.8) is 0 Å². The molecule has 0 aliphatic rings. The van der Waals surface area contributed by atoms with Crippen molar-refractivity contribution in [1.29, 1.82) is 0 Å². The maximum atomic E-state index is 6.59. The summed E-state index contributed by atoms with van der Waals surface area (Å²) in [4.78, 5) is 0. The monoisotopic (exact) mass is 1100 g/mol. The van der Waals surface area contributed by atoms with Crippen molar-refractivity contribution in [3.8, 4) is 66.8 Å². The first kappa shape index (κ1) is 50.2. The zero-order chi connectivity index (χ0) is 57.4. The van der Waals surface area contributed by atoms with Gasteiger partial charge in [-0.1, -0.05) is 297 Å². The molecule has 0 N–H and O–H groups in total. The van der Waals surface area contributed by atoms with E-state index in [2.05, 4.69) is 328 Å². The Bertz CT molecular complexity index is 5690. The first-order valence-electron chi connectivity index (χ1n) is 30.0. The summed E-state index contributed by atoms with van der Waals surface area (Å²) >= 11 is 0. The molecule has 0 bridgehead atoms. The summed E-state index contributed by atoms with van der Waals surface area (Å²) < 4.78 is 6.59. The smallest absolute Gasteiger partial charge is 0.143 e. The average Bonchev–Trinajstić information content (AvgIpc) is 2.19. The molecule has 0 saturated heterocycles. The Hall–Kier alpha value is -11.4. The Kier molecular flexibility index (Phi) is 12.0. The molecule has 18 aromatic rings. The topological polar surface area (TPSA) is 13.1 Å². The fourth-order valence-corrected chi connectivity index (χ4v) is 14.1. The van der Waals surface area contributed by atoms with Gasteiger partial charge in [-0.2, -0.15) is 0 Å². The van der Waals surface area contributed by atoms with E-state index in [-0.39, 0.29) is 0 Å². The number of furan rings is 1. The first-order chi connectivity index (χ1) is 43.2. The Morgan fingerprint density at radius 2 is 0.552 bits per heavy atom. The van der Waals surface area contributed by atoms with Crippen molar-refractivity contribution in [2.45, 2.75) is 0 Å². The predicted molar refractivity (Wildman–Crippen MR) is 373 cm³/mol. The van der Waals surface area contributed by atoms with Crippen molar-refractivity contribution in [2.75, 3.05) is 0 Å². The van der Waals surface area contributed by atoms with Gasteiger partial charge in [-0.15, -0.1) is 0 Å². The van der Waals surface area contributed by atoms with Gasteiger partial charge < -0.3 is 4.42 Å². The first-order valence-corrected chi connectivity index (χ1v) is 30.0. The van der Waals surface area contributed by atoms with Gasteiger partial charge in [0.25, 0.3) is 0 Å². The third-order valence-electron chi connectivity index (χ3n) is 18.1. The van der Waals surface area contributed by atoms with E-state index in [4.69, 9.17) is 4.42 Å². The number of hydrogen-bond acceptors (Lipinski definition) is 1. The Morgan fingerprint density at radius 3 is 1.20 bits per heavy atom. The molecule has 87 heavy (non-hydrogen) atoms. The van der Waals surface area contributed by atoms with E-state index < -0.39 is 0 Å². The minimum Gasteiger partial charge on any atom is -0.455 e. The maximum Gasteiger partial charge on any atom is 0.143 e. The molecule has 1 aromatic heterocycles. The van der Waals surface area contributed by atoms with Crippen molar-refractivity contribution in [3.05, 3.63) is 328 Å². The third-order valence-corrected chi connectivity index (χ3v) is 18.1. The highest BCUT2D eigenvalue weighted by Crippen LogP contribution is 2.50. The quantitative estimate of drug-likeness (QED) is 0.151. The van der Waals surface area contributed by atoms with E-state index in [0.717, 1.165) is 21.9 Å². The van der Waals surface area contributed by atoms with Gasteiger partial charge in [0.05, 0.1) is 0 Å². The molecule has 0 saturated carbocycles. The third kappa shape index (κ3) is 8.46. The molecule has 0 atom stereocenters. The SMILES string of the molecule is c1ccc(-c2ccc3c(-c4ccc(-c5ccc6ccccc6c5)cc4)c4ccccc4c(-c4cccc5ccccc45)c3c2)cc1.c1ccc2cc(-c3c4ccccc4c(-c4cccc5oc6c7ccccc7ccc6c45)c4ccccc34)ccc2c1. The molecule has 17 aromatic carbocycles. The van der Waals surface area contributed by atoms with Crippen molar-refractivity contribution < 1.29 is 4.42 Å². The summed E-state index contributed by atoms with van der Waals surface area (Å²) in [6.45, 7) is 0. The summed E-state index contributed by atoms with van der Waals surface area (Å²) in [6, 6.07) is 119. The fraction of sp³-hybridized carbons (Fsp3) is 0. The van der Waals surface area contributed by atoms with Crippen LogP contribution in [0.1, 0.15) is 0 Å². The lowest BCUT2D eigenvalue weighted by Crippen LogP contribution is -1.92. The highest BCUT2D eigenvalue weighted by Gasteiger charge is 2.23. The van der Waals surface area contributed by atoms with E-state index in [1.165, 1.54) is 153 Å². The second kappa shape index (κ2) is 20.7. The molecular weight excluding hydrogens is 1050 g/mol. The minimum absolute atomic E-state index is 0.917. The van der Waals surface area contributed by atoms with Crippen LogP contribution in [0.15, 0.2) is 332 Å². The summed E-state index contributed by atoms with van der Waals surface area (Å²) in [6.07, 6.45) is 0. The normalized spacial score (nSPS) is 11.7. The molecule has 0 radical (unpaired) electrons. The summed E-state index contributed by atoms with van der Waals surface area (Å²) in [7, 11) is 0. The summed E-state index contributed by atoms with van der Waals surface area (Å²) in [5, 5.41) is 22.3. The maximum absolute atomic E-state index is 6.59. The van der Waals surface area contributed by atoms with Gasteiger partial charge in [0.15, 0.2) is 0 Å². The van der Waals surface area contributed by atoms with E-state index in [0.29, 0.717) is 0 Å². The largest absolute Gasteiger partial charge is 0.455 e. The molecule has 1 heterocycles. The number of hydrogen-bond donors (Lipinski definition) is 0. The molecular formula is C86H54O. The van der Waals surface area contributed by atoms with Gasteiger partial charge in [-0.25, -0.2) is 0 Å². The second-order valence-corrected chi connectivity index (χ2v) is 22.9. The van der Waals surface area contributed by atoms with Crippen LogP contribution in [0.3, 0.4) is 0 Å². The van der Waals surface area contributed by atoms with Crippen molar-refractivity contribution in [2.24, 2.45) is 0 Å². The molecule has 1 heteroatoms. The van der Waals surface area contributed by atoms with Crippen LogP contribution in [0.2, 0.25) is 0 Å². The molecule has 404 valence electrons. The highest BCUT2D eigenvalue weighted by molar-refractivity contribution is 6.28. The molecule has 0 aliphatic carbocycles. The number of benzene rings is 17. The van der Waals surface area contributed by atoms with Crippen LogP contribution in [-0.4, -0.2) is 0 Å². The van der Waals surface area contributed by atoms with Crippen LogP contribution in [0.5, 0.6) is 0 Å². The Labute approximate surface area is 503 Å². The van der Waals surface area contributed by atoms with Crippen molar-refractivity contribution >= 4 is 108 Å². The summed E-state index contributed by atoms with van der Waals surface area (Å²) in [5.41, 5.74) is 16.8. The van der Waals surface area contributed by atoms with Crippen LogP contribution in [-0.2, 0) is 0 Å². The van der Waals surface area contributed by atoms with Gasteiger partial charge in [-0.05, 0) is 178 Å². The van der Waals surface area contributed by atoms with Crippen LogP contribution < -0.4 is 0 Å². The van der Waals surface area contributed by atoms with Gasteiger partial charge in [-0.3, -0.25) is 0 Å². The zero-order valence-corrected chi connectivity index (χ0v) is 47.6. The highest BCUT2D eigenvalue weighted by atomic mass is 16.3. The predicted octanol–water partition coefficient (Wildman–Crippen LogP) is 24.5. The van der Waals surface area contributed by atoms with Crippen LogP contribution in [0, 0.1) is 0 Å². The average molecular weight is 1100 g/mol. The van der Waals surface area contributed by atoms with E-state index >= 15 is 0 Å². The standard InChI is InChI=1S/C46H30.C40H24O/c1-2-11-31(12-3-1)38-27-28-43-44(30-38)46(40-20-10-16-34-14-6-7-17-39(34)40)42-19-9-8-18-41(42)45(43)35-24-21-33(22-25-35)37-26-23-32-13-4-5-15-36(32)29-37;1-2-12-27-24-28(21-20-25(27)10-1)37-30-14-5-7-16-32(30)38(33-17-8-6-15-31(33)37)34-18-9-19-36-39(34)35-23-22-26-11-3-4-13-29(26)40(35)41-36/h1-30H;1-24H. The van der Waals surface area contributed by atoms with Gasteiger partial charge in [0.1, 0.15) is 11.2 Å². The van der Waals surface area contributed by atoms with E-state index in [9.17, 15) is 0 Å². The minimum atomic E-state index is 0.917. The zero-order valence-electron chi connectivity index (χ0n) is 47.6. The number of fused-ring (bicyclic) bond motifs is 12. The Balaban J connectivity index is 0.000000136. The van der Waals surface area contributed by atoms with Gasteiger partial charge in [0.2, 0.25) is 0 Å². The Morgan fingerprint density at radius 1 is 0.172 bits per heavy atom. The number of rotatable bonds is 6. The lowest BCUT2D eigenvalue weighted by Gasteiger charge is -2.20. The van der Waals surface area contributed by atoms with E-state index in [1.807, 2.05) is 0 Å². The molecule has 0 unspecified atom stereocenters. The van der Waals surface area contributed by atoms with Crippen LogP contribution >= 0.6 is 0 Å². The van der Waals surface area contributed by atoms with Crippen molar-refractivity contribution in [1.82, 2.24) is 0 Å². The molecule has 0 amide bonds. The molecule has 0 aliphatic heterocycles. The fourth-order valence-electron chi connectivity index (χ4n) is 14.1. The van der Waals surface area contributed by atoms with Crippen LogP contribution in [0.25, 0.3) is 175 Å². The lowest BCUT2D eigenvalue weighted by molar-refractivity contribution is 0.673. The van der Waals surface area contributed by atoms with E-state index in [1.54, 1.807) is 0 Å². The van der Waals surface area contributed by atoms with Gasteiger partial charge in [0, 0.05) is 16.2 Å².